The van der Waals surface area contributed by atoms with Crippen molar-refractivity contribution >= 4 is 55.6 Å². The Morgan fingerprint density at radius 1 is 1.12 bits per heavy atom. The molecule has 3 amide bonds. The molecule has 2 aliphatic rings. The van der Waals surface area contributed by atoms with Crippen LogP contribution in [0.15, 0.2) is 24.3 Å². The molecule has 0 bridgehead atoms. The lowest BCUT2D eigenvalue weighted by atomic mass is 10.0. The zero-order valence-electron chi connectivity index (χ0n) is 17.8. The number of para-hydroxylation sites is 1. The summed E-state index contributed by atoms with van der Waals surface area (Å²) in [6, 6.07) is 8.04. The van der Waals surface area contributed by atoms with Gasteiger partial charge in [-0.05, 0) is 37.1 Å². The molecule has 0 saturated carbocycles. The zero-order valence-corrected chi connectivity index (χ0v) is 19.5. The van der Waals surface area contributed by atoms with Crippen LogP contribution in [-0.4, -0.2) is 52.1 Å². The number of anilines is 1. The summed E-state index contributed by atoms with van der Waals surface area (Å²) in [6.45, 7) is 4.85. The number of rotatable bonds is 6. The summed E-state index contributed by atoms with van der Waals surface area (Å²) in [5, 5.41) is 4.67. The van der Waals surface area contributed by atoms with Gasteiger partial charge in [0.05, 0.1) is 10.2 Å². The summed E-state index contributed by atoms with van der Waals surface area (Å²) in [6.07, 6.45) is 2.39. The summed E-state index contributed by atoms with van der Waals surface area (Å²) in [7, 11) is 0. The molecular weight excluding hydrogens is 444 g/mol. The van der Waals surface area contributed by atoms with E-state index in [4.69, 9.17) is 4.98 Å². The van der Waals surface area contributed by atoms with Gasteiger partial charge in [-0.2, -0.15) is 0 Å². The van der Waals surface area contributed by atoms with E-state index in [2.05, 4.69) is 23.2 Å². The largest absolute Gasteiger partial charge is 0.316 e. The number of carbonyl (C=O) groups is 3. The summed E-state index contributed by atoms with van der Waals surface area (Å²) in [4.78, 5) is 46.3. The van der Waals surface area contributed by atoms with Crippen LogP contribution in [0.1, 0.15) is 36.6 Å². The number of carbonyl (C=O) groups excluding carboxylic acids is 3. The minimum Gasteiger partial charge on any atom is -0.316 e. The molecule has 1 fully saturated rings. The maximum atomic E-state index is 12.8. The molecule has 9 heteroatoms. The Labute approximate surface area is 194 Å². The van der Waals surface area contributed by atoms with Crippen molar-refractivity contribution in [3.63, 3.8) is 0 Å². The Balaban J connectivity index is 1.49. The first kappa shape index (κ1) is 21.2. The fraction of sp³-hybridized carbons (Fsp3) is 0.391. The molecule has 1 aromatic carbocycles. The van der Waals surface area contributed by atoms with Gasteiger partial charge in [-0.25, -0.2) is 4.98 Å². The fourth-order valence-corrected chi connectivity index (χ4v) is 6.78. The first-order valence-corrected chi connectivity index (χ1v) is 12.5. The summed E-state index contributed by atoms with van der Waals surface area (Å²) < 4.78 is 1.11. The quantitative estimate of drug-likeness (QED) is 0.555. The highest BCUT2D eigenvalue weighted by Crippen LogP contribution is 2.45. The van der Waals surface area contributed by atoms with Gasteiger partial charge in [0.1, 0.15) is 16.6 Å². The number of thiazole rings is 1. The van der Waals surface area contributed by atoms with E-state index >= 15 is 0 Å². The van der Waals surface area contributed by atoms with Crippen LogP contribution in [0.2, 0.25) is 0 Å². The standard InChI is InChI=1S/C23H24N4O3S2/c1-2-10-26-11-9-14-17(12-26)32-23(25-18(28)13-27-19(29)7-8-20(27)30)21(14)22-24-15-5-3-4-6-16(15)31-22/h3-6H,2,7-13H2,1H3,(H,25,28). The van der Waals surface area contributed by atoms with Crippen LogP contribution in [0, 0.1) is 0 Å². The highest BCUT2D eigenvalue weighted by molar-refractivity contribution is 7.22. The first-order chi connectivity index (χ1) is 15.5. The number of hydrogen-bond acceptors (Lipinski definition) is 7. The first-order valence-electron chi connectivity index (χ1n) is 10.9. The number of thiophene rings is 1. The zero-order chi connectivity index (χ0) is 22.2. The number of imide groups is 1. The number of nitrogens with one attached hydrogen (secondary N) is 1. The van der Waals surface area contributed by atoms with Gasteiger partial charge in [0, 0.05) is 36.4 Å². The number of amides is 3. The van der Waals surface area contributed by atoms with Crippen molar-refractivity contribution in [2.45, 2.75) is 39.2 Å². The Bertz CT molecular complexity index is 1170. The molecule has 1 N–H and O–H groups in total. The average molecular weight is 469 g/mol. The molecule has 0 radical (unpaired) electrons. The molecule has 0 aliphatic carbocycles. The number of likely N-dealkylation sites (tertiary alicyclic amines) is 1. The van der Waals surface area contributed by atoms with E-state index in [-0.39, 0.29) is 37.1 Å². The van der Waals surface area contributed by atoms with E-state index in [9.17, 15) is 14.4 Å². The highest BCUT2D eigenvalue weighted by Gasteiger charge is 2.32. The summed E-state index contributed by atoms with van der Waals surface area (Å²) in [5.74, 6) is -0.908. The lowest BCUT2D eigenvalue weighted by molar-refractivity contribution is -0.141. The van der Waals surface area contributed by atoms with Gasteiger partial charge in [0.15, 0.2) is 0 Å². The third-order valence-corrected chi connectivity index (χ3v) is 8.08. The molecule has 0 atom stereocenters. The second kappa shape index (κ2) is 8.73. The lowest BCUT2D eigenvalue weighted by Crippen LogP contribution is -2.36. The molecule has 2 aromatic heterocycles. The molecule has 0 spiro atoms. The molecule has 166 valence electrons. The van der Waals surface area contributed by atoms with Crippen molar-refractivity contribution in [2.24, 2.45) is 0 Å². The molecule has 5 rings (SSSR count). The Hall–Kier alpha value is -2.62. The topological polar surface area (TPSA) is 82.6 Å². The second-order valence-electron chi connectivity index (χ2n) is 8.14. The minimum atomic E-state index is -0.347. The predicted molar refractivity (Wildman–Crippen MR) is 127 cm³/mol. The van der Waals surface area contributed by atoms with Gasteiger partial charge in [-0.3, -0.25) is 24.2 Å². The maximum Gasteiger partial charge on any atom is 0.245 e. The van der Waals surface area contributed by atoms with Gasteiger partial charge >= 0.3 is 0 Å². The van der Waals surface area contributed by atoms with Crippen molar-refractivity contribution < 1.29 is 14.4 Å². The molecule has 0 unspecified atom stereocenters. The van der Waals surface area contributed by atoms with E-state index in [1.165, 1.54) is 10.4 Å². The van der Waals surface area contributed by atoms with Crippen molar-refractivity contribution in [3.05, 3.63) is 34.7 Å². The van der Waals surface area contributed by atoms with Gasteiger partial charge in [0.2, 0.25) is 17.7 Å². The Morgan fingerprint density at radius 2 is 1.91 bits per heavy atom. The highest BCUT2D eigenvalue weighted by atomic mass is 32.1. The molecule has 7 nitrogen and oxygen atoms in total. The van der Waals surface area contributed by atoms with Crippen LogP contribution in [-0.2, 0) is 27.3 Å². The molecule has 32 heavy (non-hydrogen) atoms. The van der Waals surface area contributed by atoms with Crippen molar-refractivity contribution in [2.75, 3.05) is 25.0 Å². The molecule has 4 heterocycles. The number of hydrogen-bond donors (Lipinski definition) is 1. The number of benzene rings is 1. The number of aromatic nitrogens is 1. The van der Waals surface area contributed by atoms with E-state index in [1.807, 2.05) is 18.2 Å². The fourth-order valence-electron chi connectivity index (χ4n) is 4.37. The third-order valence-electron chi connectivity index (χ3n) is 5.89. The predicted octanol–water partition coefficient (Wildman–Crippen LogP) is 3.88. The van der Waals surface area contributed by atoms with E-state index in [0.717, 1.165) is 63.2 Å². The third kappa shape index (κ3) is 3.96. The average Bonchev–Trinajstić information content (AvgIpc) is 3.44. The molecule has 1 saturated heterocycles. The lowest BCUT2D eigenvalue weighted by Gasteiger charge is -2.26. The van der Waals surface area contributed by atoms with Crippen molar-refractivity contribution in [1.29, 1.82) is 0 Å². The summed E-state index contributed by atoms with van der Waals surface area (Å²) >= 11 is 3.21. The summed E-state index contributed by atoms with van der Waals surface area (Å²) in [5.41, 5.74) is 3.20. The SMILES string of the molecule is CCCN1CCc2c(sc(NC(=O)CN3C(=O)CCC3=O)c2-c2nc3ccccc3s2)C1. The monoisotopic (exact) mass is 468 g/mol. The van der Waals surface area contributed by atoms with Crippen LogP contribution < -0.4 is 5.32 Å². The van der Waals surface area contributed by atoms with Gasteiger partial charge in [-0.1, -0.05) is 19.1 Å². The van der Waals surface area contributed by atoms with E-state index < -0.39 is 0 Å². The van der Waals surface area contributed by atoms with Crippen LogP contribution in [0.4, 0.5) is 5.00 Å². The van der Waals surface area contributed by atoms with Crippen LogP contribution >= 0.6 is 22.7 Å². The van der Waals surface area contributed by atoms with E-state index in [1.54, 1.807) is 22.7 Å². The Kier molecular flexibility index (Phi) is 5.79. The Morgan fingerprint density at radius 3 is 2.66 bits per heavy atom. The normalized spacial score (nSPS) is 16.7. The maximum absolute atomic E-state index is 12.8. The van der Waals surface area contributed by atoms with E-state index in [0.29, 0.717) is 0 Å². The van der Waals surface area contributed by atoms with Crippen molar-refractivity contribution in [1.82, 2.24) is 14.8 Å². The number of fused-ring (bicyclic) bond motifs is 2. The van der Waals surface area contributed by atoms with Crippen molar-refractivity contribution in [3.8, 4) is 10.6 Å². The molecule has 2 aliphatic heterocycles. The van der Waals surface area contributed by atoms with Gasteiger partial charge in [-0.15, -0.1) is 22.7 Å². The molecule has 3 aromatic rings. The smallest absolute Gasteiger partial charge is 0.245 e. The van der Waals surface area contributed by atoms with Gasteiger partial charge < -0.3 is 5.32 Å². The van der Waals surface area contributed by atoms with Gasteiger partial charge in [0.25, 0.3) is 0 Å². The molecular formula is C23H24N4O3S2. The van der Waals surface area contributed by atoms with Crippen LogP contribution in [0.25, 0.3) is 20.8 Å². The van der Waals surface area contributed by atoms with Crippen LogP contribution in [0.3, 0.4) is 0 Å². The number of nitrogens with zero attached hydrogens (tertiary/aromatic N) is 3. The van der Waals surface area contributed by atoms with Crippen LogP contribution in [0.5, 0.6) is 0 Å². The minimum absolute atomic E-state index is 0.184. The second-order valence-corrected chi connectivity index (χ2v) is 10.3.